The molecule has 1 aromatic carbocycles. The number of halogens is 3. The van der Waals surface area contributed by atoms with E-state index in [0.29, 0.717) is 0 Å². The Morgan fingerprint density at radius 3 is 2.26 bits per heavy atom. The van der Waals surface area contributed by atoms with Crippen LogP contribution < -0.4 is 16.2 Å². The van der Waals surface area contributed by atoms with Crippen molar-refractivity contribution in [1.82, 2.24) is 15.7 Å². The number of amides is 1. The molecule has 0 aliphatic rings. The van der Waals surface area contributed by atoms with Crippen molar-refractivity contribution in [2.75, 3.05) is 12.0 Å². The SMILES string of the molecule is CCOC(=O)[C@](NNc1ccccc1)(NC(=O)c1ccncc1)C(F)(F)F. The van der Waals surface area contributed by atoms with Gasteiger partial charge in [0.05, 0.1) is 6.61 Å². The van der Waals surface area contributed by atoms with Gasteiger partial charge in [-0.25, -0.2) is 4.79 Å². The number of para-hydroxylation sites is 1. The van der Waals surface area contributed by atoms with Crippen molar-refractivity contribution in [2.45, 2.75) is 18.8 Å². The van der Waals surface area contributed by atoms with Crippen LogP contribution in [-0.4, -0.2) is 35.3 Å². The average molecular weight is 382 g/mol. The van der Waals surface area contributed by atoms with Crippen LogP contribution in [0.1, 0.15) is 17.3 Å². The molecule has 0 aliphatic carbocycles. The van der Waals surface area contributed by atoms with Gasteiger partial charge in [0.15, 0.2) is 0 Å². The first-order valence-corrected chi connectivity index (χ1v) is 7.85. The number of rotatable bonds is 7. The van der Waals surface area contributed by atoms with Crippen molar-refractivity contribution in [1.29, 1.82) is 0 Å². The number of carbonyl (C=O) groups is 2. The van der Waals surface area contributed by atoms with Gasteiger partial charge >= 0.3 is 17.8 Å². The van der Waals surface area contributed by atoms with Crippen molar-refractivity contribution in [3.05, 3.63) is 60.4 Å². The van der Waals surface area contributed by atoms with Crippen LogP contribution in [0.4, 0.5) is 18.9 Å². The number of pyridine rings is 1. The number of aromatic nitrogens is 1. The quantitative estimate of drug-likeness (QED) is 0.387. The summed E-state index contributed by atoms with van der Waals surface area (Å²) in [5.74, 6) is -2.84. The first-order valence-electron chi connectivity index (χ1n) is 7.85. The topological polar surface area (TPSA) is 92.4 Å². The molecule has 144 valence electrons. The van der Waals surface area contributed by atoms with Gasteiger partial charge in [0, 0.05) is 23.6 Å². The fraction of sp³-hybridized carbons (Fsp3) is 0.235. The third-order valence-corrected chi connectivity index (χ3v) is 3.42. The second kappa shape index (κ2) is 8.49. The molecule has 10 heteroatoms. The predicted octanol–water partition coefficient (Wildman–Crippen LogP) is 2.25. The molecule has 0 aliphatic heterocycles. The molecule has 0 saturated heterocycles. The van der Waals surface area contributed by atoms with E-state index in [0.717, 1.165) is 0 Å². The number of anilines is 1. The molecule has 0 spiro atoms. The van der Waals surface area contributed by atoms with E-state index >= 15 is 0 Å². The van der Waals surface area contributed by atoms with Gasteiger partial charge in [-0.3, -0.25) is 9.78 Å². The molecule has 27 heavy (non-hydrogen) atoms. The molecule has 2 rings (SSSR count). The van der Waals surface area contributed by atoms with Crippen molar-refractivity contribution < 1.29 is 27.5 Å². The van der Waals surface area contributed by atoms with E-state index in [1.807, 2.05) is 5.43 Å². The van der Waals surface area contributed by atoms with Crippen LogP contribution in [0.3, 0.4) is 0 Å². The maximum absolute atomic E-state index is 13.9. The fourth-order valence-electron chi connectivity index (χ4n) is 2.06. The smallest absolute Gasteiger partial charge is 0.438 e. The maximum atomic E-state index is 13.9. The zero-order valence-corrected chi connectivity index (χ0v) is 14.2. The van der Waals surface area contributed by atoms with Gasteiger partial charge in [0.1, 0.15) is 0 Å². The second-order valence-corrected chi connectivity index (χ2v) is 5.27. The predicted molar refractivity (Wildman–Crippen MR) is 90.3 cm³/mol. The second-order valence-electron chi connectivity index (χ2n) is 5.27. The highest BCUT2D eigenvalue weighted by Crippen LogP contribution is 2.30. The molecule has 1 amide bonds. The Labute approximate surface area is 152 Å². The highest BCUT2D eigenvalue weighted by molar-refractivity contribution is 5.98. The van der Waals surface area contributed by atoms with E-state index < -0.39 is 23.7 Å². The number of benzene rings is 1. The van der Waals surface area contributed by atoms with Crippen molar-refractivity contribution in [3.8, 4) is 0 Å². The van der Waals surface area contributed by atoms with Crippen LogP contribution in [0.25, 0.3) is 0 Å². The van der Waals surface area contributed by atoms with Gasteiger partial charge in [0.25, 0.3) is 5.91 Å². The van der Waals surface area contributed by atoms with Crippen molar-refractivity contribution in [2.24, 2.45) is 0 Å². The summed E-state index contributed by atoms with van der Waals surface area (Å²) in [6.07, 6.45) is -2.74. The molecule has 3 N–H and O–H groups in total. The van der Waals surface area contributed by atoms with Gasteiger partial charge < -0.3 is 15.5 Å². The molecule has 0 unspecified atom stereocenters. The van der Waals surface area contributed by atoms with Gasteiger partial charge in [-0.05, 0) is 31.2 Å². The Morgan fingerprint density at radius 1 is 1.07 bits per heavy atom. The molecule has 1 atom stereocenters. The molecular weight excluding hydrogens is 365 g/mol. The third kappa shape index (κ3) is 4.73. The lowest BCUT2D eigenvalue weighted by Crippen LogP contribution is -2.73. The summed E-state index contributed by atoms with van der Waals surface area (Å²) in [5.41, 5.74) is 0.790. The Morgan fingerprint density at radius 2 is 1.70 bits per heavy atom. The summed E-state index contributed by atoms with van der Waals surface area (Å²) >= 11 is 0. The summed E-state index contributed by atoms with van der Waals surface area (Å²) < 4.78 is 46.3. The normalized spacial score (nSPS) is 13.3. The van der Waals surface area contributed by atoms with Crippen LogP contribution >= 0.6 is 0 Å². The minimum atomic E-state index is -5.22. The molecule has 0 fully saturated rings. The highest BCUT2D eigenvalue weighted by atomic mass is 19.4. The largest absolute Gasteiger partial charge is 0.463 e. The number of hydrazine groups is 1. The molecule has 0 radical (unpaired) electrons. The molecular formula is C17H17F3N4O3. The molecule has 0 bridgehead atoms. The van der Waals surface area contributed by atoms with Crippen LogP contribution in [0.2, 0.25) is 0 Å². The van der Waals surface area contributed by atoms with E-state index in [1.165, 1.54) is 43.6 Å². The third-order valence-electron chi connectivity index (χ3n) is 3.42. The lowest BCUT2D eigenvalue weighted by molar-refractivity contribution is -0.217. The standard InChI is InChI=1S/C17H17F3N4O3/c1-2-27-15(26)16(17(18,19)20,24-23-13-6-4-3-5-7-13)22-14(25)12-8-10-21-11-9-12/h3-11,23-24H,2H2,1H3,(H,22,25)/t16-/m1/s1. The highest BCUT2D eigenvalue weighted by Gasteiger charge is 2.63. The van der Waals surface area contributed by atoms with E-state index in [2.05, 4.69) is 15.1 Å². The molecule has 1 aromatic heterocycles. The number of nitrogens with zero attached hydrogens (tertiary/aromatic N) is 1. The number of hydrogen-bond donors (Lipinski definition) is 3. The van der Waals surface area contributed by atoms with Crippen molar-refractivity contribution >= 4 is 17.6 Å². The fourth-order valence-corrected chi connectivity index (χ4v) is 2.06. The summed E-state index contributed by atoms with van der Waals surface area (Å²) in [5, 5.41) is 1.70. The minimum Gasteiger partial charge on any atom is -0.463 e. The van der Waals surface area contributed by atoms with Gasteiger partial charge in [-0.2, -0.15) is 18.6 Å². The van der Waals surface area contributed by atoms with Crippen LogP contribution in [0.5, 0.6) is 0 Å². The van der Waals surface area contributed by atoms with Crippen molar-refractivity contribution in [3.63, 3.8) is 0 Å². The zero-order valence-electron chi connectivity index (χ0n) is 14.2. The summed E-state index contributed by atoms with van der Waals surface area (Å²) in [7, 11) is 0. The number of carbonyl (C=O) groups excluding carboxylic acids is 2. The average Bonchev–Trinajstić information content (AvgIpc) is 2.65. The van der Waals surface area contributed by atoms with Gasteiger partial charge in [-0.1, -0.05) is 18.2 Å². The first-order chi connectivity index (χ1) is 12.8. The number of hydrogen-bond acceptors (Lipinski definition) is 6. The molecule has 7 nitrogen and oxygen atoms in total. The van der Waals surface area contributed by atoms with Crippen LogP contribution in [0.15, 0.2) is 54.9 Å². The Balaban J connectivity index is 2.37. The number of nitrogens with one attached hydrogen (secondary N) is 3. The number of alkyl halides is 3. The number of esters is 1. The van der Waals surface area contributed by atoms with E-state index in [9.17, 15) is 22.8 Å². The zero-order chi connectivity index (χ0) is 19.9. The molecule has 0 saturated carbocycles. The number of ether oxygens (including phenoxy) is 1. The summed E-state index contributed by atoms with van der Waals surface area (Å²) in [4.78, 5) is 28.2. The first kappa shape index (κ1) is 20.2. The summed E-state index contributed by atoms with van der Waals surface area (Å²) in [6, 6.07) is 10.2. The van der Waals surface area contributed by atoms with E-state index in [1.54, 1.807) is 23.5 Å². The van der Waals surface area contributed by atoms with E-state index in [4.69, 9.17) is 0 Å². The molecule has 2 aromatic rings. The molecule has 1 heterocycles. The Bertz CT molecular complexity index is 772. The Kier molecular flexibility index (Phi) is 6.35. The van der Waals surface area contributed by atoms with Gasteiger partial charge in [0.2, 0.25) is 0 Å². The van der Waals surface area contributed by atoms with Gasteiger partial charge in [-0.15, -0.1) is 0 Å². The minimum absolute atomic E-state index is 0.107. The lowest BCUT2D eigenvalue weighted by atomic mass is 10.1. The van der Waals surface area contributed by atoms with E-state index in [-0.39, 0.29) is 17.9 Å². The monoisotopic (exact) mass is 382 g/mol. The lowest BCUT2D eigenvalue weighted by Gasteiger charge is -2.35. The maximum Gasteiger partial charge on any atom is 0.438 e. The summed E-state index contributed by atoms with van der Waals surface area (Å²) in [6.45, 7) is 1.04. The van der Waals surface area contributed by atoms with Crippen LogP contribution in [-0.2, 0) is 9.53 Å². The van der Waals surface area contributed by atoms with Crippen LogP contribution in [0, 0.1) is 0 Å². The Hall–Kier alpha value is -3.14.